The van der Waals surface area contributed by atoms with E-state index in [4.69, 9.17) is 10.5 Å². The molecule has 1 spiro atoms. The Balaban J connectivity index is 1.58. The van der Waals surface area contributed by atoms with Crippen molar-refractivity contribution in [3.63, 3.8) is 0 Å². The Morgan fingerprint density at radius 3 is 2.25 bits per heavy atom. The Kier molecular flexibility index (Phi) is 4.47. The quantitative estimate of drug-likeness (QED) is 0.711. The van der Waals surface area contributed by atoms with Gasteiger partial charge in [0.05, 0.1) is 12.2 Å². The first kappa shape index (κ1) is 16.7. The number of carbonyl (C=O) groups is 2. The van der Waals surface area contributed by atoms with Gasteiger partial charge in [0.1, 0.15) is 5.75 Å². The average molecular weight is 334 g/mol. The van der Waals surface area contributed by atoms with Gasteiger partial charge < -0.3 is 25.6 Å². The Labute approximate surface area is 140 Å². The largest absolute Gasteiger partial charge is 0.484 e. The fourth-order valence-corrected chi connectivity index (χ4v) is 3.57. The van der Waals surface area contributed by atoms with E-state index in [1.165, 1.54) is 0 Å². The number of carbonyl (C=O) groups excluding carboxylic acids is 2. The third-order valence-corrected chi connectivity index (χ3v) is 5.24. The van der Waals surface area contributed by atoms with E-state index < -0.39 is 23.5 Å². The van der Waals surface area contributed by atoms with E-state index >= 15 is 0 Å². The van der Waals surface area contributed by atoms with Crippen LogP contribution >= 0.6 is 0 Å². The SMILES string of the molecule is NC(=O)COc1ccc(C(=O)N2CCC3(CC2)[C@H](O)C[C@@H]3O)cc1. The lowest BCUT2D eigenvalue weighted by atomic mass is 9.58. The van der Waals surface area contributed by atoms with E-state index in [0.717, 1.165) is 0 Å². The Hall–Kier alpha value is -2.12. The van der Waals surface area contributed by atoms with Crippen molar-refractivity contribution in [1.82, 2.24) is 4.90 Å². The summed E-state index contributed by atoms with van der Waals surface area (Å²) in [6, 6.07) is 6.55. The second-order valence-corrected chi connectivity index (χ2v) is 6.57. The predicted octanol–water partition coefficient (Wildman–Crippen LogP) is -0.101. The maximum absolute atomic E-state index is 12.5. The smallest absolute Gasteiger partial charge is 0.255 e. The van der Waals surface area contributed by atoms with Crippen LogP contribution in [0, 0.1) is 5.41 Å². The zero-order valence-electron chi connectivity index (χ0n) is 13.4. The Bertz CT molecular complexity index is 612. The first-order chi connectivity index (χ1) is 11.4. The monoisotopic (exact) mass is 334 g/mol. The van der Waals surface area contributed by atoms with Crippen molar-refractivity contribution in [2.75, 3.05) is 19.7 Å². The molecule has 1 aromatic rings. The number of aliphatic hydroxyl groups is 2. The molecule has 2 amide bonds. The van der Waals surface area contributed by atoms with Gasteiger partial charge >= 0.3 is 0 Å². The van der Waals surface area contributed by atoms with Crippen LogP contribution in [0.5, 0.6) is 5.75 Å². The molecule has 0 aromatic heterocycles. The molecule has 1 aliphatic heterocycles. The zero-order chi connectivity index (χ0) is 17.3. The molecule has 4 N–H and O–H groups in total. The number of rotatable bonds is 4. The van der Waals surface area contributed by atoms with Crippen LogP contribution in [-0.4, -0.2) is 58.8 Å². The summed E-state index contributed by atoms with van der Waals surface area (Å²) >= 11 is 0. The molecule has 1 saturated heterocycles. The summed E-state index contributed by atoms with van der Waals surface area (Å²) < 4.78 is 5.17. The van der Waals surface area contributed by atoms with Gasteiger partial charge in [0.2, 0.25) is 0 Å². The van der Waals surface area contributed by atoms with E-state index in [9.17, 15) is 19.8 Å². The number of nitrogens with two attached hydrogens (primary N) is 1. The molecule has 3 rings (SSSR count). The molecule has 0 unspecified atom stereocenters. The maximum Gasteiger partial charge on any atom is 0.255 e. The van der Waals surface area contributed by atoms with E-state index in [0.29, 0.717) is 43.7 Å². The van der Waals surface area contributed by atoms with E-state index in [1.54, 1.807) is 29.2 Å². The molecule has 130 valence electrons. The standard InChI is InChI=1S/C17H22N2O5/c18-15(22)10-24-12-3-1-11(2-4-12)16(23)19-7-5-17(6-8-19)13(20)9-14(17)21/h1-4,13-14,20-21H,5-10H2,(H2,18,22)/t13-,14+. The van der Waals surface area contributed by atoms with Gasteiger partial charge in [-0.15, -0.1) is 0 Å². The molecule has 7 nitrogen and oxygen atoms in total. The zero-order valence-corrected chi connectivity index (χ0v) is 13.4. The first-order valence-electron chi connectivity index (χ1n) is 8.09. The van der Waals surface area contributed by atoms with Crippen LogP contribution in [0.2, 0.25) is 0 Å². The second-order valence-electron chi connectivity index (χ2n) is 6.57. The minimum Gasteiger partial charge on any atom is -0.484 e. The van der Waals surface area contributed by atoms with Crippen LogP contribution in [-0.2, 0) is 4.79 Å². The summed E-state index contributed by atoms with van der Waals surface area (Å²) in [5, 5.41) is 19.9. The van der Waals surface area contributed by atoms with Gasteiger partial charge in [-0.3, -0.25) is 9.59 Å². The molecule has 24 heavy (non-hydrogen) atoms. The predicted molar refractivity (Wildman–Crippen MR) is 85.3 cm³/mol. The van der Waals surface area contributed by atoms with Gasteiger partial charge in [0.15, 0.2) is 6.61 Å². The number of piperidine rings is 1. The highest BCUT2D eigenvalue weighted by Crippen LogP contribution is 2.49. The lowest BCUT2D eigenvalue weighted by Gasteiger charge is -2.55. The minimum atomic E-state index is -0.558. The lowest BCUT2D eigenvalue weighted by Crippen LogP contribution is -2.61. The molecular formula is C17H22N2O5. The van der Waals surface area contributed by atoms with Crippen molar-refractivity contribution in [1.29, 1.82) is 0 Å². The highest BCUT2D eigenvalue weighted by atomic mass is 16.5. The molecule has 0 bridgehead atoms. The molecule has 1 saturated carbocycles. The second kappa shape index (κ2) is 6.41. The van der Waals surface area contributed by atoms with Crippen LogP contribution in [0.25, 0.3) is 0 Å². The molecule has 1 aliphatic carbocycles. The van der Waals surface area contributed by atoms with Crippen molar-refractivity contribution in [3.05, 3.63) is 29.8 Å². The van der Waals surface area contributed by atoms with Gasteiger partial charge in [0, 0.05) is 30.5 Å². The van der Waals surface area contributed by atoms with Crippen molar-refractivity contribution in [2.24, 2.45) is 11.1 Å². The van der Waals surface area contributed by atoms with Crippen LogP contribution < -0.4 is 10.5 Å². The van der Waals surface area contributed by atoms with Crippen molar-refractivity contribution < 1.29 is 24.5 Å². The topological polar surface area (TPSA) is 113 Å². The lowest BCUT2D eigenvalue weighted by molar-refractivity contribution is -0.187. The number of aliphatic hydroxyl groups excluding tert-OH is 2. The van der Waals surface area contributed by atoms with Gasteiger partial charge in [-0.2, -0.15) is 0 Å². The third-order valence-electron chi connectivity index (χ3n) is 5.24. The van der Waals surface area contributed by atoms with Gasteiger partial charge in [0.25, 0.3) is 11.8 Å². The van der Waals surface area contributed by atoms with Crippen molar-refractivity contribution in [2.45, 2.75) is 31.5 Å². The van der Waals surface area contributed by atoms with Crippen LogP contribution in [0.4, 0.5) is 0 Å². The van der Waals surface area contributed by atoms with Crippen molar-refractivity contribution in [3.8, 4) is 5.75 Å². The van der Waals surface area contributed by atoms with Gasteiger partial charge in [-0.1, -0.05) is 0 Å². The van der Waals surface area contributed by atoms with Gasteiger partial charge in [-0.25, -0.2) is 0 Å². The molecule has 0 radical (unpaired) electrons. The minimum absolute atomic E-state index is 0.0883. The molecule has 1 aromatic carbocycles. The number of hydrogen-bond acceptors (Lipinski definition) is 5. The molecule has 7 heteroatoms. The first-order valence-corrected chi connectivity index (χ1v) is 8.09. The maximum atomic E-state index is 12.5. The number of nitrogens with zero attached hydrogens (tertiary/aromatic N) is 1. The summed E-state index contributed by atoms with van der Waals surface area (Å²) in [6.45, 7) is 0.839. The van der Waals surface area contributed by atoms with Crippen LogP contribution in [0.15, 0.2) is 24.3 Å². The van der Waals surface area contributed by atoms with Crippen LogP contribution in [0.3, 0.4) is 0 Å². The fraction of sp³-hybridized carbons (Fsp3) is 0.529. The highest BCUT2D eigenvalue weighted by Gasteiger charge is 2.55. The molecule has 2 aliphatic rings. The summed E-state index contributed by atoms with van der Waals surface area (Å²) in [6.07, 6.45) is 0.723. The molecule has 1 heterocycles. The van der Waals surface area contributed by atoms with E-state index in [2.05, 4.69) is 0 Å². The third kappa shape index (κ3) is 2.97. The highest BCUT2D eigenvalue weighted by molar-refractivity contribution is 5.94. The Morgan fingerprint density at radius 2 is 1.75 bits per heavy atom. The van der Waals surface area contributed by atoms with E-state index in [-0.39, 0.29) is 12.5 Å². The normalized spacial score (nSPS) is 25.2. The number of ether oxygens (including phenoxy) is 1. The van der Waals surface area contributed by atoms with Gasteiger partial charge in [-0.05, 0) is 37.1 Å². The fourth-order valence-electron chi connectivity index (χ4n) is 3.57. The number of benzene rings is 1. The average Bonchev–Trinajstić information content (AvgIpc) is 2.60. The van der Waals surface area contributed by atoms with E-state index in [1.807, 2.05) is 0 Å². The summed E-state index contributed by atoms with van der Waals surface area (Å²) in [5.41, 5.74) is 5.12. The number of hydrogen-bond donors (Lipinski definition) is 3. The number of primary amides is 1. The number of likely N-dealkylation sites (tertiary alicyclic amines) is 1. The summed E-state index contributed by atoms with van der Waals surface area (Å²) in [7, 11) is 0. The molecule has 2 atom stereocenters. The Morgan fingerprint density at radius 1 is 1.17 bits per heavy atom. The van der Waals surface area contributed by atoms with Crippen LogP contribution in [0.1, 0.15) is 29.6 Å². The summed E-state index contributed by atoms with van der Waals surface area (Å²) in [4.78, 5) is 25.0. The summed E-state index contributed by atoms with van der Waals surface area (Å²) in [5.74, 6) is -0.170. The van der Waals surface area contributed by atoms with Crippen molar-refractivity contribution >= 4 is 11.8 Å². The molecule has 2 fully saturated rings. The number of amides is 2. The molecular weight excluding hydrogens is 312 g/mol.